The second kappa shape index (κ2) is 6.17. The molecule has 0 bridgehead atoms. The molecule has 1 aromatic heterocycles. The Labute approximate surface area is 128 Å². The van der Waals surface area contributed by atoms with Crippen LogP contribution in [0.4, 0.5) is 10.1 Å². The number of anilines is 1. The van der Waals surface area contributed by atoms with Gasteiger partial charge in [-0.2, -0.15) is 5.10 Å². The van der Waals surface area contributed by atoms with E-state index < -0.39 is 0 Å². The fraction of sp³-hybridized carbons (Fsp3) is 0.375. The minimum atomic E-state index is -0.229. The maximum absolute atomic E-state index is 13.0. The van der Waals surface area contributed by atoms with Gasteiger partial charge in [-0.1, -0.05) is 0 Å². The minimum absolute atomic E-state index is 0.128. The van der Waals surface area contributed by atoms with Gasteiger partial charge in [-0.25, -0.2) is 4.39 Å². The van der Waals surface area contributed by atoms with E-state index in [-0.39, 0.29) is 11.7 Å². The van der Waals surface area contributed by atoms with E-state index in [1.165, 1.54) is 12.1 Å². The molecule has 0 atom stereocenters. The van der Waals surface area contributed by atoms with E-state index in [2.05, 4.69) is 15.1 Å². The van der Waals surface area contributed by atoms with Crippen LogP contribution in [0.5, 0.6) is 0 Å². The van der Waals surface area contributed by atoms with Crippen molar-refractivity contribution in [3.8, 4) is 0 Å². The predicted molar refractivity (Wildman–Crippen MR) is 82.2 cm³/mol. The van der Waals surface area contributed by atoms with Gasteiger partial charge in [0.15, 0.2) is 0 Å². The third kappa shape index (κ3) is 3.10. The first-order valence-electron chi connectivity index (χ1n) is 7.40. The summed E-state index contributed by atoms with van der Waals surface area (Å²) < 4.78 is 13.0. The molecule has 1 aliphatic heterocycles. The van der Waals surface area contributed by atoms with Crippen LogP contribution in [-0.2, 0) is 11.2 Å². The standard InChI is InChI=1S/C16H19FN4O/c1-12-13(11-18-19-12)10-16(22)21-8-6-20(7-9-21)15-4-2-14(17)3-5-15/h2-5,11H,6-10H2,1H3,(H,18,19). The molecule has 0 unspecified atom stereocenters. The number of aryl methyl sites for hydroxylation is 1. The van der Waals surface area contributed by atoms with Gasteiger partial charge in [0, 0.05) is 43.1 Å². The van der Waals surface area contributed by atoms with Crippen LogP contribution in [-0.4, -0.2) is 47.2 Å². The number of H-pyrrole nitrogens is 1. The first-order chi connectivity index (χ1) is 10.6. The number of hydrogen-bond acceptors (Lipinski definition) is 3. The first-order valence-corrected chi connectivity index (χ1v) is 7.40. The number of nitrogens with zero attached hydrogens (tertiary/aromatic N) is 3. The summed E-state index contributed by atoms with van der Waals surface area (Å²) in [6, 6.07) is 6.49. The number of carbonyl (C=O) groups is 1. The van der Waals surface area contributed by atoms with Crippen molar-refractivity contribution in [3.63, 3.8) is 0 Å². The number of nitrogens with one attached hydrogen (secondary N) is 1. The molecule has 5 nitrogen and oxygen atoms in total. The molecule has 2 aromatic rings. The molecule has 0 saturated carbocycles. The largest absolute Gasteiger partial charge is 0.368 e. The Morgan fingerprint density at radius 3 is 2.50 bits per heavy atom. The van der Waals surface area contributed by atoms with Crippen molar-refractivity contribution in [2.24, 2.45) is 0 Å². The Morgan fingerprint density at radius 1 is 1.23 bits per heavy atom. The van der Waals surface area contributed by atoms with Crippen LogP contribution in [0, 0.1) is 12.7 Å². The van der Waals surface area contributed by atoms with Crippen LogP contribution < -0.4 is 4.90 Å². The minimum Gasteiger partial charge on any atom is -0.368 e. The van der Waals surface area contributed by atoms with E-state index in [0.29, 0.717) is 19.5 Å². The smallest absolute Gasteiger partial charge is 0.227 e. The summed E-state index contributed by atoms with van der Waals surface area (Å²) in [4.78, 5) is 16.4. The lowest BCUT2D eigenvalue weighted by atomic mass is 10.1. The predicted octanol–water partition coefficient (Wildman–Crippen LogP) is 1.75. The summed E-state index contributed by atoms with van der Waals surface area (Å²) in [5.74, 6) is -0.101. The highest BCUT2D eigenvalue weighted by molar-refractivity contribution is 5.79. The van der Waals surface area contributed by atoms with Crippen molar-refractivity contribution in [2.45, 2.75) is 13.3 Å². The van der Waals surface area contributed by atoms with E-state index in [1.54, 1.807) is 18.3 Å². The molecule has 6 heteroatoms. The molecule has 2 heterocycles. The van der Waals surface area contributed by atoms with Crippen molar-refractivity contribution in [2.75, 3.05) is 31.1 Å². The molecule has 1 aliphatic rings. The lowest BCUT2D eigenvalue weighted by Gasteiger charge is -2.36. The Kier molecular flexibility index (Phi) is 4.09. The van der Waals surface area contributed by atoms with Gasteiger partial charge in [-0.15, -0.1) is 0 Å². The molecular formula is C16H19FN4O. The summed E-state index contributed by atoms with van der Waals surface area (Å²) in [5.41, 5.74) is 2.89. The molecule has 116 valence electrons. The van der Waals surface area contributed by atoms with Crippen molar-refractivity contribution in [3.05, 3.63) is 47.5 Å². The Bertz CT molecular complexity index is 644. The van der Waals surface area contributed by atoms with E-state index in [9.17, 15) is 9.18 Å². The average Bonchev–Trinajstić information content (AvgIpc) is 2.93. The van der Waals surface area contributed by atoms with E-state index in [4.69, 9.17) is 0 Å². The van der Waals surface area contributed by atoms with E-state index in [1.807, 2.05) is 11.8 Å². The third-order valence-electron chi connectivity index (χ3n) is 4.10. The van der Waals surface area contributed by atoms with Gasteiger partial charge >= 0.3 is 0 Å². The number of amides is 1. The summed E-state index contributed by atoms with van der Waals surface area (Å²) >= 11 is 0. The van der Waals surface area contributed by atoms with Crippen LogP contribution in [0.1, 0.15) is 11.3 Å². The van der Waals surface area contributed by atoms with Gasteiger partial charge in [0.1, 0.15) is 5.82 Å². The van der Waals surface area contributed by atoms with Crippen molar-refractivity contribution >= 4 is 11.6 Å². The Morgan fingerprint density at radius 2 is 1.91 bits per heavy atom. The van der Waals surface area contributed by atoms with Gasteiger partial charge < -0.3 is 9.80 Å². The fourth-order valence-corrected chi connectivity index (χ4v) is 2.69. The molecule has 22 heavy (non-hydrogen) atoms. The summed E-state index contributed by atoms with van der Waals surface area (Å²) in [7, 11) is 0. The van der Waals surface area contributed by atoms with Gasteiger partial charge in [-0.05, 0) is 31.2 Å². The van der Waals surface area contributed by atoms with Gasteiger partial charge in [0.25, 0.3) is 0 Å². The molecule has 1 amide bonds. The van der Waals surface area contributed by atoms with Gasteiger partial charge in [-0.3, -0.25) is 9.89 Å². The topological polar surface area (TPSA) is 52.2 Å². The zero-order valence-electron chi connectivity index (χ0n) is 12.6. The molecule has 3 rings (SSSR count). The highest BCUT2D eigenvalue weighted by Gasteiger charge is 2.22. The highest BCUT2D eigenvalue weighted by Crippen LogP contribution is 2.17. The number of hydrogen-bond donors (Lipinski definition) is 1. The van der Waals surface area contributed by atoms with E-state index >= 15 is 0 Å². The number of benzene rings is 1. The molecule has 0 spiro atoms. The lowest BCUT2D eigenvalue weighted by molar-refractivity contribution is -0.130. The van der Waals surface area contributed by atoms with Gasteiger partial charge in [0.05, 0.1) is 12.6 Å². The number of piperazine rings is 1. The Hall–Kier alpha value is -2.37. The zero-order chi connectivity index (χ0) is 15.5. The van der Waals surface area contributed by atoms with Crippen molar-refractivity contribution < 1.29 is 9.18 Å². The monoisotopic (exact) mass is 302 g/mol. The Balaban J connectivity index is 1.56. The number of aromatic nitrogens is 2. The second-order valence-corrected chi connectivity index (χ2v) is 5.54. The maximum atomic E-state index is 13.0. The van der Waals surface area contributed by atoms with Crippen LogP contribution in [0.25, 0.3) is 0 Å². The summed E-state index contributed by atoms with van der Waals surface area (Å²) in [6.45, 7) is 4.83. The zero-order valence-corrected chi connectivity index (χ0v) is 12.6. The normalized spacial score (nSPS) is 15.2. The van der Waals surface area contributed by atoms with Crippen molar-refractivity contribution in [1.82, 2.24) is 15.1 Å². The fourth-order valence-electron chi connectivity index (χ4n) is 2.69. The number of rotatable bonds is 3. The summed E-state index contributed by atoms with van der Waals surface area (Å²) in [5, 5.41) is 6.79. The number of aromatic amines is 1. The van der Waals surface area contributed by atoms with E-state index in [0.717, 1.165) is 30.0 Å². The molecule has 1 saturated heterocycles. The third-order valence-corrected chi connectivity index (χ3v) is 4.10. The highest BCUT2D eigenvalue weighted by atomic mass is 19.1. The maximum Gasteiger partial charge on any atom is 0.227 e. The van der Waals surface area contributed by atoms with Crippen LogP contribution in [0.3, 0.4) is 0 Å². The van der Waals surface area contributed by atoms with Crippen LogP contribution in [0.2, 0.25) is 0 Å². The molecule has 0 radical (unpaired) electrons. The van der Waals surface area contributed by atoms with Crippen LogP contribution >= 0.6 is 0 Å². The average molecular weight is 302 g/mol. The number of carbonyl (C=O) groups excluding carboxylic acids is 1. The molecular weight excluding hydrogens is 283 g/mol. The number of halogens is 1. The van der Waals surface area contributed by atoms with Gasteiger partial charge in [0.2, 0.25) is 5.91 Å². The molecule has 1 N–H and O–H groups in total. The van der Waals surface area contributed by atoms with Crippen molar-refractivity contribution in [1.29, 1.82) is 0 Å². The summed E-state index contributed by atoms with van der Waals surface area (Å²) in [6.07, 6.45) is 2.10. The first kappa shape index (κ1) is 14.6. The SMILES string of the molecule is Cc1[nH]ncc1CC(=O)N1CCN(c2ccc(F)cc2)CC1. The molecule has 1 aromatic carbocycles. The molecule has 1 fully saturated rings. The van der Waals surface area contributed by atoms with Crippen LogP contribution in [0.15, 0.2) is 30.5 Å². The quantitative estimate of drug-likeness (QED) is 0.940. The molecule has 0 aliphatic carbocycles. The second-order valence-electron chi connectivity index (χ2n) is 5.54. The lowest BCUT2D eigenvalue weighted by Crippen LogP contribution is -2.49.